The van der Waals surface area contributed by atoms with Crippen molar-refractivity contribution in [1.29, 1.82) is 0 Å². The molecule has 0 aliphatic carbocycles. The van der Waals surface area contributed by atoms with Crippen LogP contribution in [0.2, 0.25) is 0 Å². The fraction of sp³-hybridized carbons (Fsp3) is 0.438. The van der Waals surface area contributed by atoms with E-state index in [4.69, 9.17) is 0 Å². The van der Waals surface area contributed by atoms with Gasteiger partial charge in [0.2, 0.25) is 5.95 Å². The molecule has 0 spiro atoms. The Balaban J connectivity index is 1.91. The molecule has 0 aliphatic heterocycles. The average Bonchev–Trinajstić information content (AvgIpc) is 2.93. The van der Waals surface area contributed by atoms with Crippen molar-refractivity contribution < 1.29 is 4.39 Å². The maximum absolute atomic E-state index is 12.9. The maximum atomic E-state index is 12.9. The van der Waals surface area contributed by atoms with Crippen LogP contribution in [0.5, 0.6) is 0 Å². The zero-order valence-corrected chi connectivity index (χ0v) is 12.7. The van der Waals surface area contributed by atoms with Crippen LogP contribution in [0.25, 0.3) is 0 Å². The highest BCUT2D eigenvalue weighted by Gasteiger charge is 2.04. The van der Waals surface area contributed by atoms with Crippen molar-refractivity contribution in [3.63, 3.8) is 0 Å². The molecule has 2 aromatic rings. The number of halogens is 1. The summed E-state index contributed by atoms with van der Waals surface area (Å²) < 4.78 is 15.0. The van der Waals surface area contributed by atoms with E-state index in [9.17, 15) is 4.39 Å². The summed E-state index contributed by atoms with van der Waals surface area (Å²) in [6.45, 7) is 8.99. The molecule has 1 heterocycles. The number of nitrogens with one attached hydrogen (secondary N) is 1. The van der Waals surface area contributed by atoms with Crippen LogP contribution in [0.15, 0.2) is 36.7 Å². The monoisotopic (exact) mass is 290 g/mol. The first-order valence-corrected chi connectivity index (χ1v) is 7.44. The van der Waals surface area contributed by atoms with Gasteiger partial charge in [-0.15, -0.1) is 0 Å². The van der Waals surface area contributed by atoms with Crippen LogP contribution in [0.1, 0.15) is 19.4 Å². The van der Waals surface area contributed by atoms with E-state index in [1.54, 1.807) is 18.3 Å². The second kappa shape index (κ2) is 7.78. The summed E-state index contributed by atoms with van der Waals surface area (Å²) in [6.07, 6.45) is 3.71. The minimum absolute atomic E-state index is 0.207. The van der Waals surface area contributed by atoms with Gasteiger partial charge < -0.3 is 14.8 Å². The van der Waals surface area contributed by atoms with Gasteiger partial charge >= 0.3 is 0 Å². The number of aromatic nitrogens is 2. The highest BCUT2D eigenvalue weighted by Crippen LogP contribution is 2.10. The second-order valence-corrected chi connectivity index (χ2v) is 4.96. The summed E-state index contributed by atoms with van der Waals surface area (Å²) in [6, 6.07) is 6.57. The predicted octanol–water partition coefficient (Wildman–Crippen LogP) is 2.82. The Labute approximate surface area is 125 Å². The first-order chi connectivity index (χ1) is 10.2. The fourth-order valence-corrected chi connectivity index (χ4v) is 2.26. The molecule has 0 radical (unpaired) electrons. The van der Waals surface area contributed by atoms with E-state index in [2.05, 4.69) is 29.0 Å². The van der Waals surface area contributed by atoms with Gasteiger partial charge in [-0.05, 0) is 30.8 Å². The van der Waals surface area contributed by atoms with Gasteiger partial charge in [0.1, 0.15) is 5.82 Å². The van der Waals surface area contributed by atoms with Crippen LogP contribution in [0.3, 0.4) is 0 Å². The number of anilines is 1. The SMILES string of the molecule is CCN(CC)CCNc1nccn1Cc1ccc(F)cc1. The highest BCUT2D eigenvalue weighted by atomic mass is 19.1. The molecule has 0 saturated heterocycles. The van der Waals surface area contributed by atoms with Crippen molar-refractivity contribution in [2.45, 2.75) is 20.4 Å². The standard InChI is InChI=1S/C16H23FN4/c1-3-20(4-2)11-9-18-16-19-10-12-21(16)13-14-5-7-15(17)8-6-14/h5-8,10,12H,3-4,9,11,13H2,1-2H3,(H,18,19). The summed E-state index contributed by atoms with van der Waals surface area (Å²) in [5.41, 5.74) is 1.06. The molecular formula is C16H23FN4. The number of rotatable bonds is 8. The Bertz CT molecular complexity index is 531. The lowest BCUT2D eigenvalue weighted by Gasteiger charge is -2.18. The summed E-state index contributed by atoms with van der Waals surface area (Å²) in [4.78, 5) is 6.70. The summed E-state index contributed by atoms with van der Waals surface area (Å²) in [7, 11) is 0. The molecular weight excluding hydrogens is 267 g/mol. The molecule has 5 heteroatoms. The van der Waals surface area contributed by atoms with Crippen LogP contribution in [0, 0.1) is 5.82 Å². The molecule has 1 N–H and O–H groups in total. The van der Waals surface area contributed by atoms with Crippen molar-refractivity contribution in [2.75, 3.05) is 31.5 Å². The van der Waals surface area contributed by atoms with Gasteiger partial charge in [0, 0.05) is 25.5 Å². The van der Waals surface area contributed by atoms with Crippen molar-refractivity contribution in [1.82, 2.24) is 14.5 Å². The van der Waals surface area contributed by atoms with Crippen LogP contribution in [0.4, 0.5) is 10.3 Å². The summed E-state index contributed by atoms with van der Waals surface area (Å²) >= 11 is 0. The number of hydrogen-bond acceptors (Lipinski definition) is 3. The van der Waals surface area contributed by atoms with Gasteiger partial charge in [-0.1, -0.05) is 26.0 Å². The fourth-order valence-electron chi connectivity index (χ4n) is 2.26. The normalized spacial score (nSPS) is 11.0. The Morgan fingerprint density at radius 2 is 1.90 bits per heavy atom. The van der Waals surface area contributed by atoms with Crippen molar-refractivity contribution in [2.24, 2.45) is 0 Å². The van der Waals surface area contributed by atoms with Crippen LogP contribution >= 0.6 is 0 Å². The van der Waals surface area contributed by atoms with Gasteiger partial charge in [0.15, 0.2) is 0 Å². The van der Waals surface area contributed by atoms with E-state index in [1.165, 1.54) is 12.1 Å². The smallest absolute Gasteiger partial charge is 0.203 e. The van der Waals surface area contributed by atoms with E-state index >= 15 is 0 Å². The lowest BCUT2D eigenvalue weighted by molar-refractivity contribution is 0.315. The van der Waals surface area contributed by atoms with E-state index < -0.39 is 0 Å². The predicted molar refractivity (Wildman–Crippen MR) is 84.0 cm³/mol. The topological polar surface area (TPSA) is 33.1 Å². The Morgan fingerprint density at radius 3 is 2.57 bits per heavy atom. The van der Waals surface area contributed by atoms with Crippen LogP contribution in [-0.2, 0) is 6.54 Å². The van der Waals surface area contributed by atoms with Crippen molar-refractivity contribution in [3.05, 3.63) is 48.0 Å². The van der Waals surface area contributed by atoms with E-state index in [1.807, 2.05) is 10.8 Å². The third-order valence-electron chi connectivity index (χ3n) is 3.59. The van der Waals surface area contributed by atoms with E-state index in [0.717, 1.165) is 37.7 Å². The van der Waals surface area contributed by atoms with E-state index in [-0.39, 0.29) is 5.82 Å². The molecule has 0 bridgehead atoms. The lowest BCUT2D eigenvalue weighted by atomic mass is 10.2. The van der Waals surface area contributed by atoms with Gasteiger partial charge in [-0.2, -0.15) is 0 Å². The molecule has 114 valence electrons. The Hall–Kier alpha value is -1.88. The molecule has 2 rings (SSSR count). The van der Waals surface area contributed by atoms with Crippen LogP contribution in [-0.4, -0.2) is 40.6 Å². The minimum atomic E-state index is -0.207. The second-order valence-electron chi connectivity index (χ2n) is 4.96. The number of hydrogen-bond donors (Lipinski definition) is 1. The summed E-state index contributed by atoms with van der Waals surface area (Å²) in [5, 5.41) is 3.36. The van der Waals surface area contributed by atoms with Gasteiger partial charge in [-0.25, -0.2) is 9.37 Å². The molecule has 1 aromatic heterocycles. The first-order valence-electron chi connectivity index (χ1n) is 7.44. The zero-order chi connectivity index (χ0) is 15.1. The zero-order valence-electron chi connectivity index (χ0n) is 12.7. The van der Waals surface area contributed by atoms with Gasteiger partial charge in [0.25, 0.3) is 0 Å². The molecule has 1 aromatic carbocycles. The Kier molecular flexibility index (Phi) is 5.75. The molecule has 21 heavy (non-hydrogen) atoms. The lowest BCUT2D eigenvalue weighted by Crippen LogP contribution is -2.29. The number of imidazole rings is 1. The third-order valence-corrected chi connectivity index (χ3v) is 3.59. The quantitative estimate of drug-likeness (QED) is 0.811. The number of benzene rings is 1. The first kappa shape index (κ1) is 15.5. The molecule has 0 aliphatic rings. The maximum Gasteiger partial charge on any atom is 0.203 e. The molecule has 0 unspecified atom stereocenters. The number of likely N-dealkylation sites (N-methyl/N-ethyl adjacent to an activating group) is 1. The van der Waals surface area contributed by atoms with Crippen LogP contribution < -0.4 is 5.32 Å². The third kappa shape index (κ3) is 4.56. The largest absolute Gasteiger partial charge is 0.354 e. The summed E-state index contributed by atoms with van der Waals surface area (Å²) in [5.74, 6) is 0.647. The molecule has 4 nitrogen and oxygen atoms in total. The molecule has 0 fully saturated rings. The van der Waals surface area contributed by atoms with Gasteiger partial charge in [0.05, 0.1) is 6.54 Å². The molecule has 0 atom stereocenters. The number of nitrogens with zero attached hydrogens (tertiary/aromatic N) is 3. The van der Waals surface area contributed by atoms with Gasteiger partial charge in [-0.3, -0.25) is 0 Å². The highest BCUT2D eigenvalue weighted by molar-refractivity contribution is 5.28. The van der Waals surface area contributed by atoms with Crippen molar-refractivity contribution in [3.8, 4) is 0 Å². The molecule has 0 amide bonds. The average molecular weight is 290 g/mol. The Morgan fingerprint density at radius 1 is 1.19 bits per heavy atom. The van der Waals surface area contributed by atoms with Crippen molar-refractivity contribution >= 4 is 5.95 Å². The molecule has 0 saturated carbocycles. The van der Waals surface area contributed by atoms with E-state index in [0.29, 0.717) is 6.54 Å². The minimum Gasteiger partial charge on any atom is -0.354 e.